The summed E-state index contributed by atoms with van der Waals surface area (Å²) in [6.07, 6.45) is 1.65. The van der Waals surface area contributed by atoms with Gasteiger partial charge in [-0.15, -0.1) is 0 Å². The SMILES string of the molecule is CCOC(=O)C1=C(C)N=c2s/c(=C/c3cccc(OC)c3OCc3ccc(C#N)cc3)c(=O)n2[C@@H]1c1ccc(OC(C)C)c(OC)c1. The fraction of sp³-hybridized carbons (Fsp3) is 0.278. The van der Waals surface area contributed by atoms with Crippen LogP contribution in [-0.4, -0.2) is 37.5 Å². The molecule has 242 valence electrons. The Labute approximate surface area is 276 Å². The molecule has 4 aromatic rings. The van der Waals surface area contributed by atoms with Crippen molar-refractivity contribution in [2.75, 3.05) is 20.8 Å². The average Bonchev–Trinajstić information content (AvgIpc) is 3.37. The Hall–Kier alpha value is -5.34. The third-order valence-corrected chi connectivity index (χ3v) is 8.35. The van der Waals surface area contributed by atoms with Crippen molar-refractivity contribution in [2.45, 2.75) is 46.4 Å². The monoisotopic (exact) mass is 653 g/mol. The Bertz CT molecular complexity index is 2050. The molecule has 10 nitrogen and oxygen atoms in total. The number of carbonyl (C=O) groups excluding carboxylic acids is 1. The molecule has 0 saturated carbocycles. The highest BCUT2D eigenvalue weighted by molar-refractivity contribution is 7.07. The quantitative estimate of drug-likeness (QED) is 0.206. The fourth-order valence-corrected chi connectivity index (χ4v) is 6.28. The van der Waals surface area contributed by atoms with Gasteiger partial charge < -0.3 is 23.7 Å². The summed E-state index contributed by atoms with van der Waals surface area (Å²) in [6.45, 7) is 7.69. The number of aromatic nitrogens is 1. The number of methoxy groups -OCH3 is 2. The van der Waals surface area contributed by atoms with Crippen molar-refractivity contribution in [2.24, 2.45) is 4.99 Å². The zero-order chi connectivity index (χ0) is 33.7. The van der Waals surface area contributed by atoms with Gasteiger partial charge in [-0.2, -0.15) is 5.26 Å². The number of allylic oxidation sites excluding steroid dienone is 1. The highest BCUT2D eigenvalue weighted by atomic mass is 32.1. The standard InChI is InChI=1S/C36H35N3O7S/c1-7-44-35(41)31-22(4)38-36-39(32(31)25-15-16-27(46-21(2)3)29(17-25)43-6)34(40)30(47-36)18-26-9-8-10-28(42-5)33(26)45-20-24-13-11-23(19-37)12-14-24/h8-18,21,32H,7,20H2,1-6H3/b30-18+/t32-/m1/s1. The van der Waals surface area contributed by atoms with Gasteiger partial charge in [-0.3, -0.25) is 9.36 Å². The number of hydrogen-bond donors (Lipinski definition) is 0. The van der Waals surface area contributed by atoms with Crippen LogP contribution in [0.5, 0.6) is 23.0 Å². The van der Waals surface area contributed by atoms with E-state index in [0.717, 1.165) is 5.56 Å². The van der Waals surface area contributed by atoms with Gasteiger partial charge in [0.05, 0.1) is 60.4 Å². The average molecular weight is 654 g/mol. The molecular weight excluding hydrogens is 618 g/mol. The minimum atomic E-state index is -0.827. The predicted octanol–water partition coefficient (Wildman–Crippen LogP) is 5.05. The van der Waals surface area contributed by atoms with Gasteiger partial charge in [-0.25, -0.2) is 9.79 Å². The Balaban J connectivity index is 1.64. The molecule has 0 amide bonds. The summed E-state index contributed by atoms with van der Waals surface area (Å²) in [5.41, 5.74) is 3.06. The molecule has 1 aliphatic heterocycles. The molecule has 3 aromatic carbocycles. The van der Waals surface area contributed by atoms with E-state index in [-0.39, 0.29) is 30.5 Å². The summed E-state index contributed by atoms with van der Waals surface area (Å²) in [7, 11) is 3.09. The molecule has 5 rings (SSSR count). The predicted molar refractivity (Wildman–Crippen MR) is 178 cm³/mol. The van der Waals surface area contributed by atoms with Crippen LogP contribution in [0.3, 0.4) is 0 Å². The van der Waals surface area contributed by atoms with Crippen molar-refractivity contribution in [1.82, 2.24) is 4.57 Å². The molecule has 0 radical (unpaired) electrons. The number of esters is 1. The van der Waals surface area contributed by atoms with Crippen LogP contribution in [0.15, 0.2) is 81.7 Å². The third kappa shape index (κ3) is 6.93. The fourth-order valence-electron chi connectivity index (χ4n) is 5.25. The van der Waals surface area contributed by atoms with Gasteiger partial charge in [0.15, 0.2) is 27.8 Å². The van der Waals surface area contributed by atoms with Gasteiger partial charge in [0, 0.05) is 5.56 Å². The van der Waals surface area contributed by atoms with E-state index in [1.807, 2.05) is 44.2 Å². The highest BCUT2D eigenvalue weighted by Gasteiger charge is 2.34. The Kier molecular flexibility index (Phi) is 10.1. The van der Waals surface area contributed by atoms with Gasteiger partial charge in [-0.05, 0) is 75.2 Å². The maximum atomic E-state index is 14.3. The van der Waals surface area contributed by atoms with Crippen molar-refractivity contribution >= 4 is 23.4 Å². The second kappa shape index (κ2) is 14.4. The highest BCUT2D eigenvalue weighted by Crippen LogP contribution is 2.37. The van der Waals surface area contributed by atoms with Crippen LogP contribution in [0.1, 0.15) is 56.0 Å². The lowest BCUT2D eigenvalue weighted by molar-refractivity contribution is -0.139. The zero-order valence-electron chi connectivity index (χ0n) is 27.0. The van der Waals surface area contributed by atoms with Gasteiger partial charge in [0.2, 0.25) is 0 Å². The number of hydrogen-bond acceptors (Lipinski definition) is 10. The van der Waals surface area contributed by atoms with E-state index in [1.165, 1.54) is 15.9 Å². The van der Waals surface area contributed by atoms with E-state index in [2.05, 4.69) is 11.1 Å². The molecule has 1 atom stereocenters. The first-order chi connectivity index (χ1) is 22.7. The molecular formula is C36H35N3O7S. The Morgan fingerprint density at radius 2 is 1.81 bits per heavy atom. The smallest absolute Gasteiger partial charge is 0.338 e. The molecule has 0 bridgehead atoms. The number of carbonyl (C=O) groups is 1. The first-order valence-electron chi connectivity index (χ1n) is 15.0. The summed E-state index contributed by atoms with van der Waals surface area (Å²) in [5, 5.41) is 9.12. The van der Waals surface area contributed by atoms with E-state index in [1.54, 1.807) is 64.5 Å². The maximum absolute atomic E-state index is 14.3. The van der Waals surface area contributed by atoms with Crippen LogP contribution in [0.25, 0.3) is 6.08 Å². The topological polar surface area (TPSA) is 121 Å². The maximum Gasteiger partial charge on any atom is 0.338 e. The molecule has 11 heteroatoms. The molecule has 1 aliphatic rings. The van der Waals surface area contributed by atoms with Crippen LogP contribution in [-0.2, 0) is 16.1 Å². The Morgan fingerprint density at radius 3 is 2.47 bits per heavy atom. The number of thiazole rings is 1. The number of para-hydroxylation sites is 1. The summed E-state index contributed by atoms with van der Waals surface area (Å²) in [6, 6.07) is 19.2. The van der Waals surface area contributed by atoms with Crippen LogP contribution in [0.2, 0.25) is 0 Å². The van der Waals surface area contributed by atoms with Gasteiger partial charge in [-0.1, -0.05) is 41.7 Å². The zero-order valence-corrected chi connectivity index (χ0v) is 27.8. The molecule has 1 aromatic heterocycles. The van der Waals surface area contributed by atoms with Gasteiger partial charge in [0.25, 0.3) is 5.56 Å². The second-order valence-corrected chi connectivity index (χ2v) is 11.9. The van der Waals surface area contributed by atoms with E-state index >= 15 is 0 Å². The lowest BCUT2D eigenvalue weighted by Crippen LogP contribution is -2.40. The number of fused-ring (bicyclic) bond motifs is 1. The molecule has 0 fully saturated rings. The second-order valence-electron chi connectivity index (χ2n) is 10.9. The minimum Gasteiger partial charge on any atom is -0.493 e. The number of nitrogens with zero attached hydrogens (tertiary/aromatic N) is 3. The normalized spacial score (nSPS) is 14.3. The summed E-state index contributed by atoms with van der Waals surface area (Å²) >= 11 is 1.21. The van der Waals surface area contributed by atoms with Crippen LogP contribution < -0.4 is 33.8 Å². The molecule has 0 saturated heterocycles. The molecule has 0 spiro atoms. The van der Waals surface area contributed by atoms with Crippen molar-refractivity contribution < 1.29 is 28.5 Å². The largest absolute Gasteiger partial charge is 0.493 e. The van der Waals surface area contributed by atoms with E-state index in [9.17, 15) is 9.59 Å². The molecule has 0 unspecified atom stereocenters. The number of nitriles is 1. The summed E-state index contributed by atoms with van der Waals surface area (Å²) in [4.78, 5) is 32.7. The third-order valence-electron chi connectivity index (χ3n) is 7.37. The van der Waals surface area contributed by atoms with E-state index < -0.39 is 12.0 Å². The molecule has 0 aliphatic carbocycles. The van der Waals surface area contributed by atoms with E-state index in [4.69, 9.17) is 28.9 Å². The van der Waals surface area contributed by atoms with Crippen LogP contribution in [0, 0.1) is 11.3 Å². The first-order valence-corrected chi connectivity index (χ1v) is 15.8. The number of benzene rings is 3. The lowest BCUT2D eigenvalue weighted by Gasteiger charge is -2.25. The van der Waals surface area contributed by atoms with Crippen molar-refractivity contribution in [1.29, 1.82) is 5.26 Å². The van der Waals surface area contributed by atoms with E-state index in [0.29, 0.717) is 54.7 Å². The first kappa shape index (κ1) is 33.0. The summed E-state index contributed by atoms with van der Waals surface area (Å²) in [5.74, 6) is 1.41. The number of ether oxygens (including phenoxy) is 5. The number of rotatable bonds is 11. The molecule has 2 heterocycles. The van der Waals surface area contributed by atoms with Crippen molar-refractivity contribution in [3.63, 3.8) is 0 Å². The Morgan fingerprint density at radius 1 is 1.06 bits per heavy atom. The van der Waals surface area contributed by atoms with Crippen LogP contribution in [0.4, 0.5) is 0 Å². The molecule has 0 N–H and O–H groups in total. The van der Waals surface area contributed by atoms with Crippen molar-refractivity contribution in [3.05, 3.63) is 114 Å². The van der Waals surface area contributed by atoms with Crippen LogP contribution >= 0.6 is 11.3 Å². The summed E-state index contributed by atoms with van der Waals surface area (Å²) < 4.78 is 30.7. The minimum absolute atomic E-state index is 0.0840. The van der Waals surface area contributed by atoms with Gasteiger partial charge in [0.1, 0.15) is 6.61 Å². The van der Waals surface area contributed by atoms with Crippen molar-refractivity contribution in [3.8, 4) is 29.1 Å². The van der Waals surface area contributed by atoms with Gasteiger partial charge >= 0.3 is 5.97 Å². The molecule has 47 heavy (non-hydrogen) atoms. The lowest BCUT2D eigenvalue weighted by atomic mass is 9.95.